The van der Waals surface area contributed by atoms with Crippen LogP contribution in [0.5, 0.6) is 0 Å². The van der Waals surface area contributed by atoms with E-state index in [1.54, 1.807) is 31.3 Å². The largest absolute Gasteiger partial charge is 0.393 e. The van der Waals surface area contributed by atoms with Gasteiger partial charge in [0, 0.05) is 26.4 Å². The Morgan fingerprint density at radius 3 is 2.66 bits per heavy atom. The van der Waals surface area contributed by atoms with Crippen molar-refractivity contribution in [2.75, 3.05) is 6.61 Å². The molecule has 1 unspecified atom stereocenters. The zero-order valence-corrected chi connectivity index (χ0v) is 21.4. The minimum absolute atomic E-state index is 0.358. The molecule has 3 N–H and O–H groups in total. The number of nitrogens with zero attached hydrogens (tertiary/aromatic N) is 1. The summed E-state index contributed by atoms with van der Waals surface area (Å²) < 4.78 is 29.7. The van der Waals surface area contributed by atoms with Crippen LogP contribution in [-0.2, 0) is 15.6 Å². The van der Waals surface area contributed by atoms with Crippen molar-refractivity contribution in [1.82, 2.24) is 9.71 Å². The number of hydrogen-bond donors (Lipinski definition) is 3. The van der Waals surface area contributed by atoms with E-state index in [4.69, 9.17) is 11.6 Å². The Hall–Kier alpha value is -2.33. The van der Waals surface area contributed by atoms with Gasteiger partial charge in [0.15, 0.2) is 0 Å². The van der Waals surface area contributed by atoms with Crippen molar-refractivity contribution in [3.05, 3.63) is 87.9 Å². The van der Waals surface area contributed by atoms with E-state index in [0.29, 0.717) is 34.7 Å². The highest BCUT2D eigenvalue weighted by atomic mass is 35.5. The first kappa shape index (κ1) is 24.4. The predicted octanol–water partition coefficient (Wildman–Crippen LogP) is 4.99. The number of aliphatic hydroxyl groups is 2. The first-order valence-electron chi connectivity index (χ1n) is 11.3. The summed E-state index contributed by atoms with van der Waals surface area (Å²) in [5, 5.41) is 21.2. The molecule has 1 aliphatic rings. The lowest BCUT2D eigenvalue weighted by Gasteiger charge is -2.21. The molecule has 182 valence electrons. The number of halogens is 1. The smallest absolute Gasteiger partial charge is 0.215 e. The number of aromatic nitrogens is 1. The van der Waals surface area contributed by atoms with E-state index in [2.05, 4.69) is 9.71 Å². The van der Waals surface area contributed by atoms with Crippen LogP contribution in [0.1, 0.15) is 41.8 Å². The molecule has 2 heterocycles. The fourth-order valence-electron chi connectivity index (χ4n) is 4.05. The third-order valence-corrected chi connectivity index (χ3v) is 9.78. The standard InChI is InChI=1S/C26H25ClN2O4S2/c1-26(31,15-30)17-11-12-28-22(14-17)20-7-4-5-16-13-23(34-25(16)20)24(19-6-2-3-8-21(19)27)29-35(32,33)18-9-10-18/h2-8,11-14,18,24,29-31H,9-10,15H2,1H3/t24?,26-/m0/s1. The Bertz CT molecular complexity index is 1500. The molecule has 9 heteroatoms. The molecule has 35 heavy (non-hydrogen) atoms. The van der Waals surface area contributed by atoms with Gasteiger partial charge in [0.1, 0.15) is 5.60 Å². The molecule has 0 bridgehead atoms. The quantitative estimate of drug-likeness (QED) is 0.299. The van der Waals surface area contributed by atoms with Gasteiger partial charge in [-0.25, -0.2) is 13.1 Å². The number of rotatable bonds is 8. The minimum Gasteiger partial charge on any atom is -0.393 e. The van der Waals surface area contributed by atoms with Crippen molar-refractivity contribution in [2.45, 2.75) is 36.7 Å². The van der Waals surface area contributed by atoms with Gasteiger partial charge in [-0.05, 0) is 60.5 Å². The van der Waals surface area contributed by atoms with Crippen LogP contribution in [0, 0.1) is 0 Å². The van der Waals surface area contributed by atoms with Crippen LogP contribution in [0.15, 0.2) is 66.9 Å². The molecule has 4 aromatic rings. The van der Waals surface area contributed by atoms with E-state index in [-0.39, 0.29) is 5.25 Å². The second kappa shape index (κ2) is 9.28. The highest BCUT2D eigenvalue weighted by Crippen LogP contribution is 2.41. The van der Waals surface area contributed by atoms with Crippen LogP contribution >= 0.6 is 22.9 Å². The highest BCUT2D eigenvalue weighted by molar-refractivity contribution is 7.90. The number of thiophene rings is 1. The molecule has 0 aliphatic heterocycles. The molecule has 1 aliphatic carbocycles. The van der Waals surface area contributed by atoms with Gasteiger partial charge in [-0.3, -0.25) is 4.98 Å². The Kier molecular flexibility index (Phi) is 6.46. The van der Waals surface area contributed by atoms with Crippen LogP contribution in [-0.4, -0.2) is 35.5 Å². The van der Waals surface area contributed by atoms with Crippen molar-refractivity contribution in [3.8, 4) is 11.3 Å². The number of nitrogens with one attached hydrogen (secondary N) is 1. The average Bonchev–Trinajstić information content (AvgIpc) is 3.63. The number of sulfonamides is 1. The first-order chi connectivity index (χ1) is 16.7. The molecular formula is C26H25ClN2O4S2. The van der Waals surface area contributed by atoms with E-state index in [1.807, 2.05) is 42.5 Å². The van der Waals surface area contributed by atoms with Crippen LogP contribution < -0.4 is 4.72 Å². The summed E-state index contributed by atoms with van der Waals surface area (Å²) in [6, 6.07) is 17.9. The summed E-state index contributed by atoms with van der Waals surface area (Å²) >= 11 is 7.99. The molecule has 5 rings (SSSR count). The Balaban J connectivity index is 1.62. The molecule has 0 spiro atoms. The van der Waals surface area contributed by atoms with E-state index >= 15 is 0 Å². The van der Waals surface area contributed by atoms with Crippen LogP contribution in [0.4, 0.5) is 0 Å². The Morgan fingerprint density at radius 2 is 1.94 bits per heavy atom. The lowest BCUT2D eigenvalue weighted by atomic mass is 9.96. The third kappa shape index (κ3) is 4.87. The molecule has 1 saturated carbocycles. The van der Waals surface area contributed by atoms with Crippen molar-refractivity contribution in [2.24, 2.45) is 0 Å². The minimum atomic E-state index is -3.49. The van der Waals surface area contributed by atoms with Gasteiger partial charge in [0.05, 0.1) is 23.6 Å². The number of fused-ring (bicyclic) bond motifs is 1. The summed E-state index contributed by atoms with van der Waals surface area (Å²) in [4.78, 5) is 5.33. The lowest BCUT2D eigenvalue weighted by Crippen LogP contribution is -2.31. The number of pyridine rings is 1. The summed E-state index contributed by atoms with van der Waals surface area (Å²) in [7, 11) is -3.49. The first-order valence-corrected chi connectivity index (χ1v) is 14.0. The van der Waals surface area contributed by atoms with E-state index in [1.165, 1.54) is 11.3 Å². The maximum atomic E-state index is 12.9. The topological polar surface area (TPSA) is 99.5 Å². The van der Waals surface area contributed by atoms with Gasteiger partial charge in [-0.2, -0.15) is 0 Å². The predicted molar refractivity (Wildman–Crippen MR) is 140 cm³/mol. The fourth-order valence-corrected chi connectivity index (χ4v) is 7.16. The summed E-state index contributed by atoms with van der Waals surface area (Å²) in [5.74, 6) is 0. The van der Waals surface area contributed by atoms with Gasteiger partial charge in [0.2, 0.25) is 10.0 Å². The number of aliphatic hydroxyl groups excluding tert-OH is 1. The zero-order chi connectivity index (χ0) is 24.8. The molecular weight excluding hydrogens is 504 g/mol. The van der Waals surface area contributed by atoms with Gasteiger partial charge in [-0.1, -0.05) is 48.0 Å². The molecule has 0 saturated heterocycles. The zero-order valence-electron chi connectivity index (χ0n) is 19.0. The fraction of sp³-hybridized carbons (Fsp3) is 0.269. The van der Waals surface area contributed by atoms with Crippen molar-refractivity contribution < 1.29 is 18.6 Å². The molecule has 2 atom stereocenters. The molecule has 2 aromatic carbocycles. The molecule has 0 amide bonds. The van der Waals surface area contributed by atoms with E-state index in [0.717, 1.165) is 20.5 Å². The van der Waals surface area contributed by atoms with Crippen LogP contribution in [0.3, 0.4) is 0 Å². The SMILES string of the molecule is C[C@](O)(CO)c1ccnc(-c2cccc3cc(C(NS(=O)(=O)C4CC4)c4ccccc4Cl)sc23)c1. The summed E-state index contributed by atoms with van der Waals surface area (Å²) in [6.07, 6.45) is 2.94. The monoisotopic (exact) mass is 528 g/mol. The van der Waals surface area contributed by atoms with E-state index in [9.17, 15) is 18.6 Å². The number of benzene rings is 2. The maximum absolute atomic E-state index is 12.9. The summed E-state index contributed by atoms with van der Waals surface area (Å²) in [5.41, 5.74) is 1.39. The van der Waals surface area contributed by atoms with Crippen molar-refractivity contribution >= 4 is 43.0 Å². The molecule has 2 aromatic heterocycles. The average molecular weight is 529 g/mol. The molecule has 0 radical (unpaired) electrons. The van der Waals surface area contributed by atoms with Gasteiger partial charge in [0.25, 0.3) is 0 Å². The Labute approximate surface area is 213 Å². The van der Waals surface area contributed by atoms with Gasteiger partial charge in [-0.15, -0.1) is 11.3 Å². The Morgan fingerprint density at radius 1 is 1.17 bits per heavy atom. The van der Waals surface area contributed by atoms with Gasteiger partial charge < -0.3 is 10.2 Å². The van der Waals surface area contributed by atoms with Crippen LogP contribution in [0.2, 0.25) is 5.02 Å². The van der Waals surface area contributed by atoms with Crippen molar-refractivity contribution in [3.63, 3.8) is 0 Å². The van der Waals surface area contributed by atoms with Crippen LogP contribution in [0.25, 0.3) is 21.3 Å². The normalized spacial score (nSPS) is 16.8. The number of hydrogen-bond acceptors (Lipinski definition) is 6. The van der Waals surface area contributed by atoms with Crippen molar-refractivity contribution in [1.29, 1.82) is 0 Å². The van der Waals surface area contributed by atoms with E-state index < -0.39 is 28.3 Å². The molecule has 6 nitrogen and oxygen atoms in total. The second-order valence-electron chi connectivity index (χ2n) is 9.05. The third-order valence-electron chi connectivity index (χ3n) is 6.27. The second-order valence-corrected chi connectivity index (χ2v) is 12.5. The summed E-state index contributed by atoms with van der Waals surface area (Å²) in [6.45, 7) is 1.14. The molecule has 1 fully saturated rings. The maximum Gasteiger partial charge on any atom is 0.215 e. The highest BCUT2D eigenvalue weighted by Gasteiger charge is 2.38. The van der Waals surface area contributed by atoms with Gasteiger partial charge >= 0.3 is 0 Å². The lowest BCUT2D eigenvalue weighted by molar-refractivity contribution is -0.00230.